The molecule has 0 spiro atoms. The van der Waals surface area contributed by atoms with Gasteiger partial charge in [-0.2, -0.15) is 0 Å². The van der Waals surface area contributed by atoms with Crippen molar-refractivity contribution in [3.8, 4) is 12.3 Å². The molecule has 0 aliphatic heterocycles. The number of terminal acetylenes is 1. The van der Waals surface area contributed by atoms with E-state index in [1.165, 1.54) is 0 Å². The molecule has 0 bridgehead atoms. The number of rotatable bonds is 0. The molecule has 0 aromatic rings. The van der Waals surface area contributed by atoms with Gasteiger partial charge in [0.15, 0.2) is 0 Å². The molecule has 0 aromatic carbocycles. The molecule has 32 valence electrons. The first-order valence-electron chi connectivity index (χ1n) is 0.958. The fourth-order valence-electron chi connectivity index (χ4n) is 0. The fraction of sp³-hybridized carbons (Fsp3) is 0.333. The standard InChI is InChI=1S/C3H4O.Pt/c1-2-3-4;/h1,4H,3H2;. The maximum Gasteiger partial charge on any atom is 0.103 e. The van der Waals surface area contributed by atoms with Gasteiger partial charge >= 0.3 is 0 Å². The fourth-order valence-corrected chi connectivity index (χ4v) is 0. The van der Waals surface area contributed by atoms with Gasteiger partial charge in [0.25, 0.3) is 0 Å². The van der Waals surface area contributed by atoms with Gasteiger partial charge in [-0.1, -0.05) is 5.92 Å². The van der Waals surface area contributed by atoms with Crippen molar-refractivity contribution in [3.63, 3.8) is 0 Å². The zero-order chi connectivity index (χ0) is 3.41. The smallest absolute Gasteiger partial charge is 0.103 e. The van der Waals surface area contributed by atoms with Crippen molar-refractivity contribution in [3.05, 3.63) is 0 Å². The molecule has 0 amide bonds. The largest absolute Gasteiger partial charge is 0.384 e. The maximum absolute atomic E-state index is 7.64. The van der Waals surface area contributed by atoms with Crippen LogP contribution in [0.15, 0.2) is 0 Å². The van der Waals surface area contributed by atoms with Crippen LogP contribution >= 0.6 is 0 Å². The number of aliphatic hydroxyl groups is 1. The summed E-state index contributed by atoms with van der Waals surface area (Å²) < 4.78 is 0. The predicted octanol–water partition coefficient (Wildman–Crippen LogP) is -0.391. The van der Waals surface area contributed by atoms with E-state index in [0.29, 0.717) is 0 Å². The summed E-state index contributed by atoms with van der Waals surface area (Å²) in [5.41, 5.74) is 0. The summed E-state index contributed by atoms with van der Waals surface area (Å²) in [5, 5.41) is 7.64. The van der Waals surface area contributed by atoms with Gasteiger partial charge in [-0.25, -0.2) is 0 Å². The van der Waals surface area contributed by atoms with Crippen molar-refractivity contribution >= 4 is 0 Å². The molecule has 1 nitrogen and oxygen atoms in total. The average molecular weight is 251 g/mol. The van der Waals surface area contributed by atoms with Crippen LogP contribution in [-0.4, -0.2) is 11.7 Å². The molecule has 0 radical (unpaired) electrons. The zero-order valence-corrected chi connectivity index (χ0v) is 4.82. The number of hydrogen-bond acceptors (Lipinski definition) is 1. The molecular formula is C3H4OPt. The normalized spacial score (nSPS) is 4.00. The Bertz CT molecular complexity index is 36.6. The molecule has 0 fully saturated rings. The molecule has 1 N–H and O–H groups in total. The minimum atomic E-state index is -0.153. The third-order valence-corrected chi connectivity index (χ3v) is 0.0913. The van der Waals surface area contributed by atoms with E-state index in [1.54, 1.807) is 0 Å². The summed E-state index contributed by atoms with van der Waals surface area (Å²) in [6.45, 7) is -0.153. The molecule has 0 heterocycles. The Morgan fingerprint density at radius 2 is 2.00 bits per heavy atom. The van der Waals surface area contributed by atoms with Crippen molar-refractivity contribution in [2.45, 2.75) is 0 Å². The second-order valence-corrected chi connectivity index (χ2v) is 0.362. The Labute approximate surface area is 45.7 Å². The molecule has 0 rings (SSSR count). The van der Waals surface area contributed by atoms with E-state index in [9.17, 15) is 0 Å². The van der Waals surface area contributed by atoms with E-state index in [0.717, 1.165) is 0 Å². The molecule has 0 unspecified atom stereocenters. The van der Waals surface area contributed by atoms with E-state index in [-0.39, 0.29) is 27.7 Å². The first-order valence-corrected chi connectivity index (χ1v) is 0.958. The van der Waals surface area contributed by atoms with Crippen molar-refractivity contribution < 1.29 is 26.2 Å². The average Bonchev–Trinajstić information content (AvgIpc) is 1.37. The minimum Gasteiger partial charge on any atom is -0.384 e. The number of hydrogen-bond donors (Lipinski definition) is 1. The summed E-state index contributed by atoms with van der Waals surface area (Å²) in [7, 11) is 0. The van der Waals surface area contributed by atoms with E-state index in [4.69, 9.17) is 5.11 Å². The SMILES string of the molecule is C#CCO.[Pt]. The Morgan fingerprint density at radius 1 is 1.80 bits per heavy atom. The van der Waals surface area contributed by atoms with Crippen LogP contribution in [0.3, 0.4) is 0 Å². The van der Waals surface area contributed by atoms with Gasteiger partial charge in [0, 0.05) is 21.1 Å². The third kappa shape index (κ3) is 14.1. The van der Waals surface area contributed by atoms with Crippen LogP contribution in [0.1, 0.15) is 0 Å². The molecule has 2 heteroatoms. The Balaban J connectivity index is 0. The van der Waals surface area contributed by atoms with Gasteiger partial charge in [0.05, 0.1) is 0 Å². The monoisotopic (exact) mass is 251 g/mol. The molecule has 0 aliphatic carbocycles. The summed E-state index contributed by atoms with van der Waals surface area (Å²) >= 11 is 0. The second kappa shape index (κ2) is 8.88. The van der Waals surface area contributed by atoms with Gasteiger partial charge in [-0.15, -0.1) is 6.42 Å². The van der Waals surface area contributed by atoms with Crippen molar-refractivity contribution in [2.75, 3.05) is 6.61 Å². The Morgan fingerprint density at radius 3 is 2.00 bits per heavy atom. The molecule has 0 atom stereocenters. The van der Waals surface area contributed by atoms with Crippen LogP contribution < -0.4 is 0 Å². The van der Waals surface area contributed by atoms with Crippen LogP contribution in [0.2, 0.25) is 0 Å². The van der Waals surface area contributed by atoms with Crippen LogP contribution in [0.5, 0.6) is 0 Å². The summed E-state index contributed by atoms with van der Waals surface area (Å²) in [4.78, 5) is 0. The van der Waals surface area contributed by atoms with Gasteiger partial charge < -0.3 is 5.11 Å². The number of aliphatic hydroxyl groups excluding tert-OH is 1. The summed E-state index contributed by atoms with van der Waals surface area (Å²) in [6.07, 6.45) is 4.53. The van der Waals surface area contributed by atoms with E-state index < -0.39 is 0 Å². The summed E-state index contributed by atoms with van der Waals surface area (Å²) in [5.74, 6) is 1.99. The van der Waals surface area contributed by atoms with E-state index >= 15 is 0 Å². The molecular weight excluding hydrogens is 247 g/mol. The quantitative estimate of drug-likeness (QED) is 0.581. The molecule has 0 aromatic heterocycles. The molecule has 0 saturated carbocycles. The molecule has 0 aliphatic rings. The zero-order valence-electron chi connectivity index (χ0n) is 2.55. The Kier molecular flexibility index (Phi) is 15.9. The first-order chi connectivity index (χ1) is 1.91. The topological polar surface area (TPSA) is 20.2 Å². The third-order valence-electron chi connectivity index (χ3n) is 0.0913. The Hall–Kier alpha value is 0.208. The molecule has 5 heavy (non-hydrogen) atoms. The van der Waals surface area contributed by atoms with Gasteiger partial charge in [-0.3, -0.25) is 0 Å². The van der Waals surface area contributed by atoms with Crippen LogP contribution in [0.25, 0.3) is 0 Å². The molecule has 0 saturated heterocycles. The van der Waals surface area contributed by atoms with Crippen LogP contribution in [0, 0.1) is 12.3 Å². The van der Waals surface area contributed by atoms with Crippen molar-refractivity contribution in [2.24, 2.45) is 0 Å². The van der Waals surface area contributed by atoms with Crippen LogP contribution in [0.4, 0.5) is 0 Å². The second-order valence-electron chi connectivity index (χ2n) is 0.362. The summed E-state index contributed by atoms with van der Waals surface area (Å²) in [6, 6.07) is 0. The minimum absolute atomic E-state index is 0. The van der Waals surface area contributed by atoms with Gasteiger partial charge in [0.1, 0.15) is 6.61 Å². The van der Waals surface area contributed by atoms with Crippen molar-refractivity contribution in [1.82, 2.24) is 0 Å². The first kappa shape index (κ1) is 8.96. The predicted molar refractivity (Wildman–Crippen MR) is 15.9 cm³/mol. The maximum atomic E-state index is 7.64. The van der Waals surface area contributed by atoms with Gasteiger partial charge in [-0.05, 0) is 0 Å². The van der Waals surface area contributed by atoms with E-state index in [1.807, 2.05) is 5.92 Å². The van der Waals surface area contributed by atoms with E-state index in [2.05, 4.69) is 6.42 Å². The van der Waals surface area contributed by atoms with Crippen molar-refractivity contribution in [1.29, 1.82) is 0 Å². The van der Waals surface area contributed by atoms with Gasteiger partial charge in [0.2, 0.25) is 0 Å². The van der Waals surface area contributed by atoms with Crippen LogP contribution in [-0.2, 0) is 21.1 Å².